The molecule has 4 heteroatoms. The van der Waals surface area contributed by atoms with Crippen LogP contribution in [0.1, 0.15) is 11.1 Å². The van der Waals surface area contributed by atoms with E-state index in [-0.39, 0.29) is 0 Å². The number of thioether (sulfide) groups is 1. The zero-order valence-corrected chi connectivity index (χ0v) is 12.9. The molecule has 0 fully saturated rings. The molecule has 0 aromatic heterocycles. The lowest BCUT2D eigenvalue weighted by Crippen LogP contribution is -2.06. The molecule has 1 nitrogen and oxygen atoms in total. The lowest BCUT2D eigenvalue weighted by Gasteiger charge is -2.09. The number of nitrogens with one attached hydrogen (secondary N) is 1. The van der Waals surface area contributed by atoms with Crippen molar-refractivity contribution in [2.45, 2.75) is 17.2 Å². The summed E-state index contributed by atoms with van der Waals surface area (Å²) >= 11 is 13.7. The second kappa shape index (κ2) is 7.20. The summed E-state index contributed by atoms with van der Waals surface area (Å²) in [6.07, 6.45) is 0. The number of benzene rings is 2. The highest BCUT2D eigenvalue weighted by Gasteiger charge is 2.04. The van der Waals surface area contributed by atoms with Gasteiger partial charge in [0, 0.05) is 27.2 Å². The molecule has 2 aromatic rings. The van der Waals surface area contributed by atoms with Gasteiger partial charge in [0.15, 0.2) is 0 Å². The molecule has 0 heterocycles. The lowest BCUT2D eigenvalue weighted by atomic mass is 10.2. The zero-order chi connectivity index (χ0) is 13.7. The molecule has 2 aromatic carbocycles. The number of rotatable bonds is 5. The highest BCUT2D eigenvalue weighted by molar-refractivity contribution is 7.98. The summed E-state index contributed by atoms with van der Waals surface area (Å²) in [4.78, 5) is 1.22. The van der Waals surface area contributed by atoms with E-state index in [1.807, 2.05) is 31.3 Å². The first-order chi connectivity index (χ1) is 9.19. The molecule has 19 heavy (non-hydrogen) atoms. The van der Waals surface area contributed by atoms with E-state index in [1.54, 1.807) is 11.8 Å². The molecule has 0 bridgehead atoms. The van der Waals surface area contributed by atoms with Gasteiger partial charge in [-0.15, -0.1) is 11.8 Å². The third kappa shape index (κ3) is 4.43. The third-order valence-electron chi connectivity index (χ3n) is 2.70. The molecular formula is C15H15Cl2NS. The Balaban J connectivity index is 2.09. The van der Waals surface area contributed by atoms with Crippen LogP contribution in [0.3, 0.4) is 0 Å². The number of hydrogen-bond acceptors (Lipinski definition) is 2. The number of halogens is 2. The van der Waals surface area contributed by atoms with E-state index in [4.69, 9.17) is 23.2 Å². The largest absolute Gasteiger partial charge is 0.316 e. The second-order valence-corrected chi connectivity index (χ2v) is 6.09. The normalized spacial score (nSPS) is 10.7. The minimum atomic E-state index is 0.771. The molecule has 100 valence electrons. The van der Waals surface area contributed by atoms with Gasteiger partial charge < -0.3 is 5.32 Å². The zero-order valence-electron chi connectivity index (χ0n) is 10.6. The maximum Gasteiger partial charge on any atom is 0.0417 e. The van der Waals surface area contributed by atoms with Crippen LogP contribution in [-0.2, 0) is 12.3 Å². The minimum Gasteiger partial charge on any atom is -0.316 e. The van der Waals surface area contributed by atoms with Crippen molar-refractivity contribution in [2.75, 3.05) is 7.05 Å². The summed E-state index contributed by atoms with van der Waals surface area (Å²) < 4.78 is 0. The predicted molar refractivity (Wildman–Crippen MR) is 85.2 cm³/mol. The summed E-state index contributed by atoms with van der Waals surface area (Å²) in [5, 5.41) is 4.72. The first kappa shape index (κ1) is 14.7. The van der Waals surface area contributed by atoms with Gasteiger partial charge in [-0.05, 0) is 42.4 Å². The topological polar surface area (TPSA) is 12.0 Å². The molecule has 0 atom stereocenters. The van der Waals surface area contributed by atoms with Crippen molar-refractivity contribution in [3.05, 3.63) is 63.6 Å². The van der Waals surface area contributed by atoms with E-state index in [9.17, 15) is 0 Å². The Morgan fingerprint density at radius 2 is 1.68 bits per heavy atom. The summed E-state index contributed by atoms with van der Waals surface area (Å²) in [5.74, 6) is 0.911. The van der Waals surface area contributed by atoms with Crippen LogP contribution < -0.4 is 5.32 Å². The summed E-state index contributed by atoms with van der Waals surface area (Å²) in [7, 11) is 1.95. The SMILES string of the molecule is CNCc1ccc(Cl)cc1SCc1ccc(Cl)cc1. The van der Waals surface area contributed by atoms with E-state index >= 15 is 0 Å². The quantitative estimate of drug-likeness (QED) is 0.779. The molecule has 0 saturated carbocycles. The lowest BCUT2D eigenvalue weighted by molar-refractivity contribution is 0.803. The molecule has 0 aliphatic carbocycles. The van der Waals surface area contributed by atoms with Crippen molar-refractivity contribution >= 4 is 35.0 Å². The Bertz CT molecular complexity index is 540. The smallest absolute Gasteiger partial charge is 0.0417 e. The van der Waals surface area contributed by atoms with E-state index in [1.165, 1.54) is 16.0 Å². The van der Waals surface area contributed by atoms with E-state index in [0.717, 1.165) is 22.3 Å². The summed E-state index contributed by atoms with van der Waals surface area (Å²) in [6.45, 7) is 0.847. The van der Waals surface area contributed by atoms with Crippen LogP contribution >= 0.6 is 35.0 Å². The standard InChI is InChI=1S/C15H15Cl2NS/c1-18-9-12-4-7-14(17)8-15(12)19-10-11-2-5-13(16)6-3-11/h2-8,18H,9-10H2,1H3. The summed E-state index contributed by atoms with van der Waals surface area (Å²) in [5.41, 5.74) is 2.52. The van der Waals surface area contributed by atoms with Gasteiger partial charge in [-0.1, -0.05) is 41.4 Å². The fourth-order valence-corrected chi connectivity index (χ4v) is 3.15. The van der Waals surface area contributed by atoms with Crippen LogP contribution in [0.4, 0.5) is 0 Å². The van der Waals surface area contributed by atoms with Gasteiger partial charge >= 0.3 is 0 Å². The van der Waals surface area contributed by atoms with Gasteiger partial charge in [0.1, 0.15) is 0 Å². The molecule has 0 spiro atoms. The molecular weight excluding hydrogens is 297 g/mol. The fourth-order valence-electron chi connectivity index (χ4n) is 1.74. The Kier molecular flexibility index (Phi) is 5.59. The predicted octanol–water partition coefficient (Wildman–Crippen LogP) is 5.01. The van der Waals surface area contributed by atoms with Crippen molar-refractivity contribution in [1.29, 1.82) is 0 Å². The van der Waals surface area contributed by atoms with Gasteiger partial charge in [-0.2, -0.15) is 0 Å². The van der Waals surface area contributed by atoms with Crippen LogP contribution in [0, 0.1) is 0 Å². The van der Waals surface area contributed by atoms with Crippen LogP contribution in [-0.4, -0.2) is 7.05 Å². The molecule has 0 amide bonds. The highest BCUT2D eigenvalue weighted by atomic mass is 35.5. The van der Waals surface area contributed by atoms with Crippen molar-refractivity contribution in [2.24, 2.45) is 0 Å². The van der Waals surface area contributed by atoms with Gasteiger partial charge in [0.25, 0.3) is 0 Å². The average molecular weight is 312 g/mol. The Morgan fingerprint density at radius 3 is 2.37 bits per heavy atom. The monoisotopic (exact) mass is 311 g/mol. The van der Waals surface area contributed by atoms with Crippen LogP contribution in [0.5, 0.6) is 0 Å². The molecule has 0 aliphatic heterocycles. The average Bonchev–Trinajstić information content (AvgIpc) is 2.41. The first-order valence-corrected chi connectivity index (χ1v) is 7.73. The van der Waals surface area contributed by atoms with E-state index in [2.05, 4.69) is 23.5 Å². The van der Waals surface area contributed by atoms with Gasteiger partial charge in [-0.25, -0.2) is 0 Å². The van der Waals surface area contributed by atoms with Crippen molar-refractivity contribution in [3.8, 4) is 0 Å². The fraction of sp³-hybridized carbons (Fsp3) is 0.200. The van der Waals surface area contributed by atoms with Crippen LogP contribution in [0.25, 0.3) is 0 Å². The number of hydrogen-bond donors (Lipinski definition) is 1. The van der Waals surface area contributed by atoms with Crippen molar-refractivity contribution in [1.82, 2.24) is 5.32 Å². The van der Waals surface area contributed by atoms with E-state index < -0.39 is 0 Å². The molecule has 1 N–H and O–H groups in total. The molecule has 2 rings (SSSR count). The van der Waals surface area contributed by atoms with Gasteiger partial charge in [-0.3, -0.25) is 0 Å². The minimum absolute atomic E-state index is 0.771. The highest BCUT2D eigenvalue weighted by Crippen LogP contribution is 2.29. The Morgan fingerprint density at radius 1 is 1.00 bits per heavy atom. The molecule has 0 radical (unpaired) electrons. The third-order valence-corrected chi connectivity index (χ3v) is 4.36. The second-order valence-electron chi connectivity index (χ2n) is 4.20. The molecule has 0 saturated heterocycles. The Hall–Kier alpha value is -0.670. The van der Waals surface area contributed by atoms with Gasteiger partial charge in [0.05, 0.1) is 0 Å². The summed E-state index contributed by atoms with van der Waals surface area (Å²) in [6, 6.07) is 14.0. The van der Waals surface area contributed by atoms with Crippen molar-refractivity contribution < 1.29 is 0 Å². The van der Waals surface area contributed by atoms with Crippen LogP contribution in [0.15, 0.2) is 47.4 Å². The maximum absolute atomic E-state index is 6.07. The van der Waals surface area contributed by atoms with Crippen LogP contribution in [0.2, 0.25) is 10.0 Å². The molecule has 0 unspecified atom stereocenters. The van der Waals surface area contributed by atoms with Gasteiger partial charge in [0.2, 0.25) is 0 Å². The van der Waals surface area contributed by atoms with Crippen molar-refractivity contribution in [3.63, 3.8) is 0 Å². The maximum atomic E-state index is 6.07. The first-order valence-electron chi connectivity index (χ1n) is 5.99. The Labute approximate surface area is 128 Å². The van der Waals surface area contributed by atoms with E-state index in [0.29, 0.717) is 0 Å². The molecule has 0 aliphatic rings.